The van der Waals surface area contributed by atoms with E-state index in [1.807, 2.05) is 0 Å². The first kappa shape index (κ1) is 11.1. The minimum Gasteiger partial charge on any atom is -0.326 e. The summed E-state index contributed by atoms with van der Waals surface area (Å²) in [5.41, 5.74) is 1.47. The highest BCUT2D eigenvalue weighted by atomic mass is 32.2. The Morgan fingerprint density at radius 2 is 2.00 bits per heavy atom. The molecule has 0 aromatic heterocycles. The number of carbonyl (C=O) groups excluding carboxylic acids is 1. The van der Waals surface area contributed by atoms with Gasteiger partial charge in [0.2, 0.25) is 5.91 Å². The summed E-state index contributed by atoms with van der Waals surface area (Å²) in [5, 5.41) is 2.22. The summed E-state index contributed by atoms with van der Waals surface area (Å²) >= 11 is 0. The summed E-state index contributed by atoms with van der Waals surface area (Å²) in [6.45, 7) is 3.29. The average molecular weight is 239 g/mol. The highest BCUT2D eigenvalue weighted by Crippen LogP contribution is 2.27. The van der Waals surface area contributed by atoms with Gasteiger partial charge in [0, 0.05) is 5.69 Å². The van der Waals surface area contributed by atoms with Gasteiger partial charge in [-0.05, 0) is 37.6 Å². The SMILES string of the molecule is CC(C)S(=O)(=O)c1ccc2c(c1)CC(=O)N2. The van der Waals surface area contributed by atoms with Gasteiger partial charge in [0.15, 0.2) is 9.84 Å². The predicted octanol–water partition coefficient (Wildman–Crippen LogP) is 1.36. The molecule has 0 unspecified atom stereocenters. The van der Waals surface area contributed by atoms with Crippen molar-refractivity contribution in [1.82, 2.24) is 0 Å². The van der Waals surface area contributed by atoms with Crippen molar-refractivity contribution in [3.8, 4) is 0 Å². The van der Waals surface area contributed by atoms with Crippen molar-refractivity contribution in [2.75, 3.05) is 5.32 Å². The number of hydrogen-bond acceptors (Lipinski definition) is 3. The number of sulfone groups is 1. The minimum absolute atomic E-state index is 0.0888. The zero-order chi connectivity index (χ0) is 11.9. The maximum absolute atomic E-state index is 11.9. The van der Waals surface area contributed by atoms with Gasteiger partial charge in [-0.25, -0.2) is 8.42 Å². The topological polar surface area (TPSA) is 63.2 Å². The molecule has 1 aliphatic rings. The molecular weight excluding hydrogens is 226 g/mol. The highest BCUT2D eigenvalue weighted by Gasteiger charge is 2.23. The summed E-state index contributed by atoms with van der Waals surface area (Å²) < 4.78 is 23.8. The molecule has 0 saturated carbocycles. The largest absolute Gasteiger partial charge is 0.326 e. The minimum atomic E-state index is -3.26. The fraction of sp³-hybridized carbons (Fsp3) is 0.364. The number of amides is 1. The number of carbonyl (C=O) groups is 1. The normalized spacial score (nSPS) is 15.1. The van der Waals surface area contributed by atoms with Gasteiger partial charge in [-0.15, -0.1) is 0 Å². The van der Waals surface area contributed by atoms with Gasteiger partial charge in [0.05, 0.1) is 16.6 Å². The number of hydrogen-bond donors (Lipinski definition) is 1. The van der Waals surface area contributed by atoms with Crippen molar-refractivity contribution >= 4 is 21.4 Å². The first-order valence-electron chi connectivity index (χ1n) is 5.08. The van der Waals surface area contributed by atoms with Gasteiger partial charge in [0.1, 0.15) is 0 Å². The number of anilines is 1. The van der Waals surface area contributed by atoms with Crippen LogP contribution in [0.15, 0.2) is 23.1 Å². The Morgan fingerprint density at radius 1 is 1.31 bits per heavy atom. The van der Waals surface area contributed by atoms with E-state index >= 15 is 0 Å². The van der Waals surface area contributed by atoms with Crippen molar-refractivity contribution in [3.05, 3.63) is 23.8 Å². The Morgan fingerprint density at radius 3 is 2.62 bits per heavy atom. The predicted molar refractivity (Wildman–Crippen MR) is 61.1 cm³/mol. The van der Waals surface area contributed by atoms with Crippen molar-refractivity contribution in [3.63, 3.8) is 0 Å². The van der Waals surface area contributed by atoms with E-state index in [4.69, 9.17) is 0 Å². The molecule has 86 valence electrons. The van der Waals surface area contributed by atoms with Gasteiger partial charge in [0.25, 0.3) is 0 Å². The zero-order valence-corrected chi connectivity index (χ0v) is 9.97. The summed E-state index contributed by atoms with van der Waals surface area (Å²) in [7, 11) is -3.26. The van der Waals surface area contributed by atoms with Crippen molar-refractivity contribution in [2.24, 2.45) is 0 Å². The number of benzene rings is 1. The molecule has 0 atom stereocenters. The Balaban J connectivity index is 2.48. The van der Waals surface area contributed by atoms with Crippen LogP contribution in [-0.4, -0.2) is 19.6 Å². The summed E-state index contributed by atoms with van der Waals surface area (Å²) in [6, 6.07) is 4.78. The lowest BCUT2D eigenvalue weighted by Crippen LogP contribution is -2.14. The average Bonchev–Trinajstić information content (AvgIpc) is 2.56. The van der Waals surface area contributed by atoms with Crippen molar-refractivity contribution in [2.45, 2.75) is 30.4 Å². The quantitative estimate of drug-likeness (QED) is 0.847. The van der Waals surface area contributed by atoms with E-state index in [-0.39, 0.29) is 17.2 Å². The van der Waals surface area contributed by atoms with Gasteiger partial charge >= 0.3 is 0 Å². The number of nitrogens with one attached hydrogen (secondary N) is 1. The van der Waals surface area contributed by atoms with Crippen LogP contribution in [0.25, 0.3) is 0 Å². The van der Waals surface area contributed by atoms with E-state index in [1.165, 1.54) is 0 Å². The molecule has 0 radical (unpaired) electrons. The third-order valence-corrected chi connectivity index (χ3v) is 4.80. The standard InChI is InChI=1S/C11H13NO3S/c1-7(2)16(14,15)9-3-4-10-8(5-9)6-11(13)12-10/h3-5,7H,6H2,1-2H3,(H,12,13). The fourth-order valence-corrected chi connectivity index (χ4v) is 2.76. The molecule has 1 aromatic rings. The molecule has 0 fully saturated rings. The van der Waals surface area contributed by atoms with Crippen LogP contribution in [0.2, 0.25) is 0 Å². The molecule has 0 aliphatic carbocycles. The lowest BCUT2D eigenvalue weighted by atomic mass is 10.2. The third-order valence-electron chi connectivity index (χ3n) is 2.65. The Hall–Kier alpha value is -1.36. The Labute approximate surface area is 94.6 Å². The van der Waals surface area contributed by atoms with E-state index in [0.717, 1.165) is 5.56 Å². The van der Waals surface area contributed by atoms with Crippen molar-refractivity contribution in [1.29, 1.82) is 0 Å². The van der Waals surface area contributed by atoms with E-state index in [9.17, 15) is 13.2 Å². The molecule has 4 nitrogen and oxygen atoms in total. The maximum atomic E-state index is 11.9. The monoisotopic (exact) mass is 239 g/mol. The zero-order valence-electron chi connectivity index (χ0n) is 9.15. The molecule has 1 aliphatic heterocycles. The molecule has 16 heavy (non-hydrogen) atoms. The van der Waals surface area contributed by atoms with Crippen LogP contribution in [-0.2, 0) is 21.1 Å². The van der Waals surface area contributed by atoms with E-state index in [2.05, 4.69) is 5.32 Å². The summed E-state index contributed by atoms with van der Waals surface area (Å²) in [5.74, 6) is -0.0888. The first-order valence-corrected chi connectivity index (χ1v) is 6.62. The Kier molecular flexibility index (Phi) is 2.50. The lowest BCUT2D eigenvalue weighted by Gasteiger charge is -2.08. The van der Waals surface area contributed by atoms with Crippen LogP contribution >= 0.6 is 0 Å². The van der Waals surface area contributed by atoms with E-state index < -0.39 is 15.1 Å². The van der Waals surface area contributed by atoms with E-state index in [1.54, 1.807) is 32.0 Å². The van der Waals surface area contributed by atoms with Crippen LogP contribution in [0.5, 0.6) is 0 Å². The molecule has 1 N–H and O–H groups in total. The van der Waals surface area contributed by atoms with Crippen LogP contribution in [0.3, 0.4) is 0 Å². The second-order valence-electron chi connectivity index (χ2n) is 4.14. The maximum Gasteiger partial charge on any atom is 0.228 e. The number of fused-ring (bicyclic) bond motifs is 1. The van der Waals surface area contributed by atoms with Gasteiger partial charge < -0.3 is 5.32 Å². The molecule has 0 spiro atoms. The van der Waals surface area contributed by atoms with E-state index in [0.29, 0.717) is 5.69 Å². The second-order valence-corrected chi connectivity index (χ2v) is 6.64. The molecular formula is C11H13NO3S. The molecule has 0 saturated heterocycles. The second kappa shape index (κ2) is 3.59. The molecule has 1 aromatic carbocycles. The molecule has 1 amide bonds. The highest BCUT2D eigenvalue weighted by molar-refractivity contribution is 7.92. The van der Waals surface area contributed by atoms with Crippen LogP contribution < -0.4 is 5.32 Å². The van der Waals surface area contributed by atoms with Crippen LogP contribution in [0.4, 0.5) is 5.69 Å². The van der Waals surface area contributed by atoms with Crippen molar-refractivity contribution < 1.29 is 13.2 Å². The molecule has 1 heterocycles. The number of rotatable bonds is 2. The lowest BCUT2D eigenvalue weighted by molar-refractivity contribution is -0.115. The third kappa shape index (κ3) is 1.71. The van der Waals surface area contributed by atoms with Gasteiger partial charge in [-0.1, -0.05) is 0 Å². The summed E-state index contributed by atoms with van der Waals surface area (Å²) in [4.78, 5) is 11.4. The first-order chi connectivity index (χ1) is 7.41. The smallest absolute Gasteiger partial charge is 0.228 e. The van der Waals surface area contributed by atoms with Gasteiger partial charge in [-0.2, -0.15) is 0 Å². The molecule has 2 rings (SSSR count). The van der Waals surface area contributed by atoms with Gasteiger partial charge in [-0.3, -0.25) is 4.79 Å². The summed E-state index contributed by atoms with van der Waals surface area (Å²) in [6.07, 6.45) is 0.261. The molecule has 0 bridgehead atoms. The Bertz CT molecular complexity index is 546. The van der Waals surface area contributed by atoms with Crippen LogP contribution in [0.1, 0.15) is 19.4 Å². The molecule has 5 heteroatoms. The fourth-order valence-electron chi connectivity index (χ4n) is 1.65. The van der Waals surface area contributed by atoms with Crippen LogP contribution in [0, 0.1) is 0 Å².